The molecule has 0 aromatic heterocycles. The molecule has 2 aliphatic rings. The van der Waals surface area contributed by atoms with Crippen LogP contribution in [0.25, 0.3) is 0 Å². The molecule has 6 heteroatoms. The molecule has 2 amide bonds. The molecule has 0 unspecified atom stereocenters. The van der Waals surface area contributed by atoms with Gasteiger partial charge < -0.3 is 15.0 Å². The summed E-state index contributed by atoms with van der Waals surface area (Å²) in [6, 6.07) is 15.7. The maximum Gasteiger partial charge on any atom is 0.223 e. The highest BCUT2D eigenvalue weighted by Gasteiger charge is 2.39. The van der Waals surface area contributed by atoms with Crippen LogP contribution in [0.3, 0.4) is 0 Å². The number of carbonyl (C=O) groups is 2. The molecular weight excluding hydrogens is 412 g/mol. The molecular formula is C25H29ClN2O3. The van der Waals surface area contributed by atoms with Crippen LogP contribution in [-0.2, 0) is 16.0 Å². The number of methoxy groups -OCH3 is 1. The Labute approximate surface area is 188 Å². The van der Waals surface area contributed by atoms with Gasteiger partial charge in [-0.05, 0) is 55.9 Å². The van der Waals surface area contributed by atoms with Crippen LogP contribution < -0.4 is 10.1 Å². The first-order valence-corrected chi connectivity index (χ1v) is 11.4. The second-order valence-corrected chi connectivity index (χ2v) is 9.06. The molecule has 2 aliphatic heterocycles. The smallest absolute Gasteiger partial charge is 0.223 e. The summed E-state index contributed by atoms with van der Waals surface area (Å²) in [6.45, 7) is 0.762. The topological polar surface area (TPSA) is 58.6 Å². The fraction of sp³-hybridized carbons (Fsp3) is 0.440. The van der Waals surface area contributed by atoms with E-state index in [1.54, 1.807) is 7.11 Å². The Kier molecular flexibility index (Phi) is 6.51. The first-order valence-electron chi connectivity index (χ1n) is 11.0. The minimum Gasteiger partial charge on any atom is -0.496 e. The molecule has 0 radical (unpaired) electrons. The molecule has 2 saturated heterocycles. The van der Waals surface area contributed by atoms with Gasteiger partial charge in [0.05, 0.1) is 13.2 Å². The van der Waals surface area contributed by atoms with Crippen molar-refractivity contribution in [3.8, 4) is 5.75 Å². The number of benzene rings is 2. The summed E-state index contributed by atoms with van der Waals surface area (Å²) in [6.07, 6.45) is 4.95. The van der Waals surface area contributed by atoms with Gasteiger partial charge in [0.2, 0.25) is 11.8 Å². The van der Waals surface area contributed by atoms with Gasteiger partial charge in [-0.15, -0.1) is 0 Å². The van der Waals surface area contributed by atoms with Crippen molar-refractivity contribution in [3.05, 3.63) is 64.7 Å². The van der Waals surface area contributed by atoms with Crippen LogP contribution in [0.2, 0.25) is 5.02 Å². The Morgan fingerprint density at radius 2 is 2.00 bits per heavy atom. The number of hydrogen-bond acceptors (Lipinski definition) is 3. The summed E-state index contributed by atoms with van der Waals surface area (Å²) >= 11 is 6.02. The van der Waals surface area contributed by atoms with Crippen LogP contribution in [0, 0.1) is 0 Å². The van der Waals surface area contributed by atoms with Gasteiger partial charge in [-0.3, -0.25) is 9.59 Å². The van der Waals surface area contributed by atoms with Crippen LogP contribution in [0.4, 0.5) is 0 Å². The number of rotatable bonds is 7. The van der Waals surface area contributed by atoms with Gasteiger partial charge in [0.1, 0.15) is 5.75 Å². The number of ether oxygens (including phenoxy) is 1. The van der Waals surface area contributed by atoms with E-state index in [-0.39, 0.29) is 23.4 Å². The zero-order valence-corrected chi connectivity index (χ0v) is 18.7. The molecule has 2 atom stereocenters. The van der Waals surface area contributed by atoms with E-state index >= 15 is 0 Å². The number of likely N-dealkylation sites (tertiary alicyclic amines) is 1. The van der Waals surface area contributed by atoms with Gasteiger partial charge in [-0.2, -0.15) is 0 Å². The SMILES string of the molecule is COc1ccccc1[C@@H]1CCCN1C(=O)CC[C@@]1(Cc2ccc(Cl)cc2)CCC(=O)N1. The lowest BCUT2D eigenvalue weighted by Gasteiger charge is -2.31. The second-order valence-electron chi connectivity index (χ2n) is 8.62. The molecule has 2 heterocycles. The summed E-state index contributed by atoms with van der Waals surface area (Å²) in [5.74, 6) is 1.04. The quantitative estimate of drug-likeness (QED) is 0.679. The Morgan fingerprint density at radius 3 is 2.71 bits per heavy atom. The summed E-state index contributed by atoms with van der Waals surface area (Å²) < 4.78 is 5.53. The van der Waals surface area contributed by atoms with E-state index in [1.165, 1.54) is 0 Å². The van der Waals surface area contributed by atoms with E-state index in [1.807, 2.05) is 53.4 Å². The highest BCUT2D eigenvalue weighted by molar-refractivity contribution is 6.30. The minimum atomic E-state index is -0.375. The third-order valence-electron chi connectivity index (χ3n) is 6.58. The monoisotopic (exact) mass is 440 g/mol. The van der Waals surface area contributed by atoms with Gasteiger partial charge in [0.25, 0.3) is 0 Å². The van der Waals surface area contributed by atoms with Crippen LogP contribution in [-0.4, -0.2) is 35.9 Å². The summed E-state index contributed by atoms with van der Waals surface area (Å²) in [7, 11) is 1.67. The molecule has 5 nitrogen and oxygen atoms in total. The van der Waals surface area contributed by atoms with E-state index in [9.17, 15) is 9.59 Å². The standard InChI is InChI=1S/C25H29ClN2O3/c1-31-22-7-3-2-5-20(22)21-6-4-16-28(21)24(30)13-15-25(14-12-23(29)27-25)17-18-8-10-19(26)11-9-18/h2-3,5,7-11,21H,4,6,12-17H2,1H3,(H,27,29)/t21-,25+/m0/s1. The van der Waals surface area contributed by atoms with Crippen LogP contribution in [0.1, 0.15) is 55.7 Å². The van der Waals surface area contributed by atoms with Gasteiger partial charge >= 0.3 is 0 Å². The molecule has 1 N–H and O–H groups in total. The van der Waals surface area contributed by atoms with Gasteiger partial charge in [-0.25, -0.2) is 0 Å². The molecule has 2 aromatic rings. The molecule has 4 rings (SSSR count). The average molecular weight is 441 g/mol. The molecule has 0 saturated carbocycles. The van der Waals surface area contributed by atoms with Crippen molar-refractivity contribution in [2.75, 3.05) is 13.7 Å². The summed E-state index contributed by atoms with van der Waals surface area (Å²) in [4.78, 5) is 27.3. The molecule has 31 heavy (non-hydrogen) atoms. The molecule has 2 fully saturated rings. The predicted molar refractivity (Wildman–Crippen MR) is 121 cm³/mol. The Hall–Kier alpha value is -2.53. The van der Waals surface area contributed by atoms with Gasteiger partial charge in [-0.1, -0.05) is 41.9 Å². The average Bonchev–Trinajstić information content (AvgIpc) is 3.41. The number of halogens is 1. The largest absolute Gasteiger partial charge is 0.496 e. The fourth-order valence-electron chi connectivity index (χ4n) is 5.00. The molecule has 2 aromatic carbocycles. The van der Waals surface area contributed by atoms with Crippen molar-refractivity contribution in [2.45, 2.75) is 56.5 Å². The van der Waals surface area contributed by atoms with E-state index < -0.39 is 0 Å². The van der Waals surface area contributed by atoms with Crippen LogP contribution >= 0.6 is 11.6 Å². The maximum atomic E-state index is 13.3. The van der Waals surface area contributed by atoms with E-state index in [4.69, 9.17) is 16.3 Å². The van der Waals surface area contributed by atoms with Crippen LogP contribution in [0.5, 0.6) is 5.75 Å². The van der Waals surface area contributed by atoms with Gasteiger partial charge in [0, 0.05) is 35.5 Å². The van der Waals surface area contributed by atoms with E-state index in [2.05, 4.69) is 5.32 Å². The van der Waals surface area contributed by atoms with Crippen molar-refractivity contribution in [2.24, 2.45) is 0 Å². The molecule has 0 spiro atoms. The maximum absolute atomic E-state index is 13.3. The predicted octanol–water partition coefficient (Wildman–Crippen LogP) is 4.68. The number of para-hydroxylation sites is 1. The summed E-state index contributed by atoms with van der Waals surface area (Å²) in [5.41, 5.74) is 1.81. The van der Waals surface area contributed by atoms with Crippen molar-refractivity contribution < 1.29 is 14.3 Å². The summed E-state index contributed by atoms with van der Waals surface area (Å²) in [5, 5.41) is 3.87. The lowest BCUT2D eigenvalue weighted by Crippen LogP contribution is -2.45. The lowest BCUT2D eigenvalue weighted by atomic mass is 9.85. The van der Waals surface area contributed by atoms with Crippen molar-refractivity contribution >= 4 is 23.4 Å². The number of carbonyl (C=O) groups excluding carboxylic acids is 2. The lowest BCUT2D eigenvalue weighted by molar-refractivity contribution is -0.132. The third-order valence-corrected chi connectivity index (χ3v) is 6.83. The third kappa shape index (κ3) is 4.87. The Balaban J connectivity index is 1.46. The molecule has 0 bridgehead atoms. The minimum absolute atomic E-state index is 0.0500. The molecule has 0 aliphatic carbocycles. The van der Waals surface area contributed by atoms with E-state index in [0.717, 1.165) is 42.7 Å². The van der Waals surface area contributed by atoms with Gasteiger partial charge in [0.15, 0.2) is 0 Å². The van der Waals surface area contributed by atoms with Crippen molar-refractivity contribution in [3.63, 3.8) is 0 Å². The number of nitrogens with zero attached hydrogens (tertiary/aromatic N) is 1. The number of hydrogen-bond donors (Lipinski definition) is 1. The van der Waals surface area contributed by atoms with E-state index in [0.29, 0.717) is 30.7 Å². The Bertz CT molecular complexity index is 946. The second kappa shape index (κ2) is 9.31. The first-order chi connectivity index (χ1) is 15.0. The molecule has 164 valence electrons. The normalized spacial score (nSPS) is 23.1. The van der Waals surface area contributed by atoms with Crippen molar-refractivity contribution in [1.82, 2.24) is 10.2 Å². The first kappa shape index (κ1) is 21.7. The highest BCUT2D eigenvalue weighted by atomic mass is 35.5. The number of amides is 2. The fourth-order valence-corrected chi connectivity index (χ4v) is 5.12. The number of nitrogens with one attached hydrogen (secondary N) is 1. The van der Waals surface area contributed by atoms with Crippen molar-refractivity contribution in [1.29, 1.82) is 0 Å². The zero-order chi connectivity index (χ0) is 21.8. The Morgan fingerprint density at radius 1 is 1.23 bits per heavy atom. The van der Waals surface area contributed by atoms with Crippen LogP contribution in [0.15, 0.2) is 48.5 Å². The zero-order valence-electron chi connectivity index (χ0n) is 17.9. The highest BCUT2D eigenvalue weighted by Crippen LogP contribution is 2.38.